The number of fused-ring (bicyclic) bond motifs is 3. The maximum atomic E-state index is 3.78. The van der Waals surface area contributed by atoms with Crippen LogP contribution in [0.25, 0.3) is 11.1 Å². The zero-order valence-electron chi connectivity index (χ0n) is 21.2. The van der Waals surface area contributed by atoms with E-state index in [1.54, 1.807) is 0 Å². The summed E-state index contributed by atoms with van der Waals surface area (Å²) in [6, 6.07) is 46.5. The fourth-order valence-electron chi connectivity index (χ4n) is 6.39. The van der Waals surface area contributed by atoms with E-state index in [0.717, 1.165) is 17.8 Å². The molecule has 0 saturated carbocycles. The molecule has 0 aromatic heterocycles. The van der Waals surface area contributed by atoms with Crippen molar-refractivity contribution in [3.05, 3.63) is 180 Å². The van der Waals surface area contributed by atoms with Gasteiger partial charge in [0.05, 0.1) is 5.41 Å². The van der Waals surface area contributed by atoms with Gasteiger partial charge in [0.15, 0.2) is 0 Å². The van der Waals surface area contributed by atoms with Gasteiger partial charge in [-0.15, -0.1) is 0 Å². The summed E-state index contributed by atoms with van der Waals surface area (Å²) >= 11 is 0. The highest BCUT2D eigenvalue weighted by molar-refractivity contribution is 5.94. The van der Waals surface area contributed by atoms with Crippen LogP contribution >= 0.6 is 0 Å². The Kier molecular flexibility index (Phi) is 5.56. The van der Waals surface area contributed by atoms with Gasteiger partial charge in [0.1, 0.15) is 0 Å². The molecule has 1 heteroatoms. The average Bonchev–Trinajstić information content (AvgIpc) is 3.31. The predicted octanol–water partition coefficient (Wildman–Crippen LogP) is 9.39. The van der Waals surface area contributed by atoms with Gasteiger partial charge >= 0.3 is 0 Å². The minimum Gasteiger partial charge on any atom is -0.355 e. The van der Waals surface area contributed by atoms with Gasteiger partial charge in [-0.3, -0.25) is 0 Å². The molecule has 2 aliphatic rings. The fourth-order valence-corrected chi connectivity index (χ4v) is 6.39. The number of nitrogens with one attached hydrogen (secondary N) is 1. The smallest absolute Gasteiger partial charge is 0.0714 e. The van der Waals surface area contributed by atoms with Crippen LogP contribution in [-0.4, -0.2) is 0 Å². The van der Waals surface area contributed by atoms with E-state index in [1.165, 1.54) is 38.9 Å². The predicted molar refractivity (Wildman–Crippen MR) is 159 cm³/mol. The first-order chi connectivity index (χ1) is 18.9. The second kappa shape index (κ2) is 9.36. The Morgan fingerprint density at radius 2 is 1.24 bits per heavy atom. The highest BCUT2D eigenvalue weighted by Crippen LogP contribution is 2.58. The van der Waals surface area contributed by atoms with Gasteiger partial charge in [-0.1, -0.05) is 133 Å². The van der Waals surface area contributed by atoms with Crippen molar-refractivity contribution >= 4 is 11.4 Å². The van der Waals surface area contributed by atoms with Gasteiger partial charge in [-0.05, 0) is 58.0 Å². The lowest BCUT2D eigenvalue weighted by atomic mass is 9.68. The van der Waals surface area contributed by atoms with Gasteiger partial charge in [-0.2, -0.15) is 0 Å². The number of allylic oxidation sites excluding steroid dienone is 4. The van der Waals surface area contributed by atoms with Gasteiger partial charge in [0, 0.05) is 22.9 Å². The molecular formula is C37H29N. The van der Waals surface area contributed by atoms with E-state index in [-0.39, 0.29) is 5.41 Å². The molecule has 0 fully saturated rings. The third kappa shape index (κ3) is 3.55. The molecule has 182 valence electrons. The summed E-state index contributed by atoms with van der Waals surface area (Å²) in [4.78, 5) is 0. The zero-order chi connectivity index (χ0) is 25.4. The summed E-state index contributed by atoms with van der Waals surface area (Å²) in [5.74, 6) is 0.458. The van der Waals surface area contributed by atoms with Crippen LogP contribution in [0.4, 0.5) is 11.4 Å². The van der Waals surface area contributed by atoms with E-state index >= 15 is 0 Å². The SMILES string of the molecule is C1=CCC(c2ccc(Nc3cccc4c3-c3ccccc3C4(c3ccccc3)c3ccccc3)cc2)C=C1. The molecule has 0 aliphatic heterocycles. The van der Waals surface area contributed by atoms with E-state index in [9.17, 15) is 0 Å². The van der Waals surface area contributed by atoms with E-state index < -0.39 is 0 Å². The van der Waals surface area contributed by atoms with Crippen molar-refractivity contribution in [2.45, 2.75) is 17.8 Å². The molecule has 1 atom stereocenters. The number of hydrogen-bond acceptors (Lipinski definition) is 1. The van der Waals surface area contributed by atoms with Gasteiger partial charge in [-0.25, -0.2) is 0 Å². The first-order valence-electron chi connectivity index (χ1n) is 13.4. The normalized spacial score (nSPS) is 16.6. The quantitative estimate of drug-likeness (QED) is 0.255. The Hall–Kier alpha value is -4.62. The third-order valence-corrected chi connectivity index (χ3v) is 8.08. The Balaban J connectivity index is 1.38. The van der Waals surface area contributed by atoms with Gasteiger partial charge < -0.3 is 5.32 Å². The highest BCUT2D eigenvalue weighted by atomic mass is 14.9. The molecule has 0 spiro atoms. The van der Waals surface area contributed by atoms with Crippen LogP contribution in [0.1, 0.15) is 40.2 Å². The maximum absolute atomic E-state index is 3.78. The van der Waals surface area contributed by atoms with Crippen molar-refractivity contribution in [1.29, 1.82) is 0 Å². The molecule has 1 unspecified atom stereocenters. The summed E-state index contributed by atoms with van der Waals surface area (Å²) in [6.45, 7) is 0. The summed E-state index contributed by atoms with van der Waals surface area (Å²) in [6.07, 6.45) is 9.87. The third-order valence-electron chi connectivity index (χ3n) is 8.08. The molecule has 1 N–H and O–H groups in total. The summed E-state index contributed by atoms with van der Waals surface area (Å²) in [7, 11) is 0. The number of rotatable bonds is 5. The lowest BCUT2D eigenvalue weighted by molar-refractivity contribution is 0.768. The molecule has 2 aliphatic carbocycles. The second-order valence-electron chi connectivity index (χ2n) is 10.2. The molecule has 0 bridgehead atoms. The molecule has 5 aromatic carbocycles. The summed E-state index contributed by atoms with van der Waals surface area (Å²) in [5.41, 5.74) is 11.0. The lowest BCUT2D eigenvalue weighted by Crippen LogP contribution is -2.28. The first-order valence-corrected chi connectivity index (χ1v) is 13.4. The molecule has 0 saturated heterocycles. The van der Waals surface area contributed by atoms with Crippen LogP contribution in [-0.2, 0) is 5.41 Å². The topological polar surface area (TPSA) is 12.0 Å². The second-order valence-corrected chi connectivity index (χ2v) is 10.2. The van der Waals surface area contributed by atoms with Crippen LogP contribution in [0.3, 0.4) is 0 Å². The summed E-state index contributed by atoms with van der Waals surface area (Å²) in [5, 5.41) is 3.78. The highest BCUT2D eigenvalue weighted by Gasteiger charge is 2.46. The zero-order valence-corrected chi connectivity index (χ0v) is 21.2. The van der Waals surface area contributed by atoms with Crippen LogP contribution < -0.4 is 5.32 Å². The molecule has 0 amide bonds. The van der Waals surface area contributed by atoms with Gasteiger partial charge in [0.2, 0.25) is 0 Å². The van der Waals surface area contributed by atoms with Crippen LogP contribution in [0.5, 0.6) is 0 Å². The maximum Gasteiger partial charge on any atom is 0.0714 e. The molecule has 7 rings (SSSR count). The van der Waals surface area contributed by atoms with Crippen molar-refractivity contribution in [1.82, 2.24) is 0 Å². The van der Waals surface area contributed by atoms with Crippen molar-refractivity contribution in [2.75, 3.05) is 5.32 Å². The largest absolute Gasteiger partial charge is 0.355 e. The molecule has 38 heavy (non-hydrogen) atoms. The number of anilines is 2. The molecule has 0 radical (unpaired) electrons. The molecule has 5 aromatic rings. The molecule has 0 heterocycles. The van der Waals surface area contributed by atoms with E-state index in [2.05, 4.69) is 157 Å². The number of hydrogen-bond donors (Lipinski definition) is 1. The monoisotopic (exact) mass is 487 g/mol. The molecular weight excluding hydrogens is 458 g/mol. The van der Waals surface area contributed by atoms with Crippen LogP contribution in [0, 0.1) is 0 Å². The van der Waals surface area contributed by atoms with Crippen LogP contribution in [0.15, 0.2) is 152 Å². The van der Waals surface area contributed by atoms with Crippen molar-refractivity contribution in [2.24, 2.45) is 0 Å². The lowest BCUT2D eigenvalue weighted by Gasteiger charge is -2.33. The van der Waals surface area contributed by atoms with Crippen LogP contribution in [0.2, 0.25) is 0 Å². The standard InChI is InChI=1S/C37H29N/c1-4-13-27(14-5-1)28-23-25-31(26-24-28)38-35-22-12-21-34-36(35)32-19-10-11-20-33(32)37(34,29-15-6-2-7-16-29)30-17-8-3-9-18-30/h1-13,15-27,38H,14H2. The average molecular weight is 488 g/mol. The van der Waals surface area contributed by atoms with E-state index in [1.807, 2.05) is 0 Å². The minimum atomic E-state index is -0.378. The fraction of sp³-hybridized carbons (Fsp3) is 0.0811. The Morgan fingerprint density at radius 1 is 0.579 bits per heavy atom. The van der Waals surface area contributed by atoms with Gasteiger partial charge in [0.25, 0.3) is 0 Å². The van der Waals surface area contributed by atoms with E-state index in [0.29, 0.717) is 5.92 Å². The minimum absolute atomic E-state index is 0.378. The first kappa shape index (κ1) is 22.6. The van der Waals surface area contributed by atoms with Crippen molar-refractivity contribution in [3.63, 3.8) is 0 Å². The van der Waals surface area contributed by atoms with Crippen molar-refractivity contribution < 1.29 is 0 Å². The Labute approximate surface area is 224 Å². The molecule has 1 nitrogen and oxygen atoms in total. The Bertz CT molecular complexity index is 1600. The van der Waals surface area contributed by atoms with E-state index in [4.69, 9.17) is 0 Å². The Morgan fingerprint density at radius 3 is 1.92 bits per heavy atom. The number of benzene rings is 5. The summed E-state index contributed by atoms with van der Waals surface area (Å²) < 4.78 is 0. The van der Waals surface area contributed by atoms with Crippen molar-refractivity contribution in [3.8, 4) is 11.1 Å².